The summed E-state index contributed by atoms with van der Waals surface area (Å²) in [5.41, 5.74) is 8.90. The van der Waals surface area contributed by atoms with E-state index in [9.17, 15) is 22.4 Å². The van der Waals surface area contributed by atoms with Crippen molar-refractivity contribution in [3.63, 3.8) is 0 Å². The first-order chi connectivity index (χ1) is 21.4. The van der Waals surface area contributed by atoms with Crippen molar-refractivity contribution < 1.29 is 22.0 Å². The van der Waals surface area contributed by atoms with Gasteiger partial charge in [0.1, 0.15) is 21.2 Å². The molecular weight excluding hydrogens is 604 g/mol. The maximum Gasteiger partial charge on any atom is 0.274 e. The molecule has 3 aromatic heterocycles. The second-order valence-corrected chi connectivity index (χ2v) is 13.6. The van der Waals surface area contributed by atoms with Gasteiger partial charge in [-0.2, -0.15) is 0 Å². The van der Waals surface area contributed by atoms with Gasteiger partial charge < -0.3 is 30.0 Å². The number of halogens is 2. The number of anilines is 1. The van der Waals surface area contributed by atoms with Crippen molar-refractivity contribution in [3.05, 3.63) is 93.6 Å². The monoisotopic (exact) mass is 641 g/mol. The third kappa shape index (κ3) is 6.71. The number of unbranched alkanes of at least 4 members (excludes halogenated alkanes) is 1. The zero-order valence-corrected chi connectivity index (χ0v) is 26.2. The Bertz CT molecular complexity index is 1880. The second kappa shape index (κ2) is 13.0. The number of hydrogen-bond acceptors (Lipinski definition) is 8. The van der Waals surface area contributed by atoms with Crippen LogP contribution in [0.15, 0.2) is 65.3 Å². The van der Waals surface area contributed by atoms with Gasteiger partial charge in [-0.3, -0.25) is 9.59 Å². The summed E-state index contributed by atoms with van der Waals surface area (Å²) in [7, 11) is -1.64. The largest absolute Gasteiger partial charge is 0.367 e. The average Bonchev–Trinajstić information content (AvgIpc) is 3.34. The van der Waals surface area contributed by atoms with Gasteiger partial charge in [0.25, 0.3) is 5.56 Å². The highest BCUT2D eigenvalue weighted by Gasteiger charge is 2.31. The van der Waals surface area contributed by atoms with Crippen LogP contribution in [-0.4, -0.2) is 76.8 Å². The zero-order valence-electron chi connectivity index (χ0n) is 25.4. The Kier molecular flexibility index (Phi) is 9.26. The highest BCUT2D eigenvalue weighted by Crippen LogP contribution is 2.35. The van der Waals surface area contributed by atoms with E-state index in [4.69, 9.17) is 5.73 Å². The molecule has 3 N–H and O–H groups in total. The van der Waals surface area contributed by atoms with Crippen LogP contribution in [0.2, 0.25) is 0 Å². The number of nitrogens with zero attached hydrogens (tertiary/aromatic N) is 5. The number of H-pyrrole nitrogens is 1. The number of allylic oxidation sites excluding steroid dienone is 3. The van der Waals surface area contributed by atoms with Gasteiger partial charge in [0, 0.05) is 75.3 Å². The Morgan fingerprint density at radius 3 is 2.67 bits per heavy atom. The highest BCUT2D eigenvalue weighted by molar-refractivity contribution is 7.90. The molecule has 0 aromatic carbocycles. The fourth-order valence-electron chi connectivity index (χ4n) is 5.93. The van der Waals surface area contributed by atoms with E-state index in [0.29, 0.717) is 53.9 Å². The predicted octanol–water partition coefficient (Wildman–Crippen LogP) is 2.70. The van der Waals surface area contributed by atoms with Crippen molar-refractivity contribution in [2.75, 3.05) is 43.1 Å². The molecule has 0 atom stereocenters. The van der Waals surface area contributed by atoms with Gasteiger partial charge >= 0.3 is 0 Å². The molecule has 0 spiro atoms. The van der Waals surface area contributed by atoms with Crippen LogP contribution in [0.25, 0.3) is 10.9 Å². The van der Waals surface area contributed by atoms with Crippen molar-refractivity contribution in [1.82, 2.24) is 24.3 Å². The highest BCUT2D eigenvalue weighted by atomic mass is 32.2. The number of nitrogens with two attached hydrogens (primary N) is 1. The van der Waals surface area contributed by atoms with E-state index in [-0.39, 0.29) is 55.5 Å². The van der Waals surface area contributed by atoms with Gasteiger partial charge in [-0.1, -0.05) is 6.58 Å². The van der Waals surface area contributed by atoms with Gasteiger partial charge in [0.2, 0.25) is 5.91 Å². The molecule has 0 saturated heterocycles. The molecule has 5 rings (SSSR count). The maximum absolute atomic E-state index is 15.4. The molecule has 5 heterocycles. The third-order valence-corrected chi connectivity index (χ3v) is 9.04. The number of sulfone groups is 1. The van der Waals surface area contributed by atoms with Crippen LogP contribution in [0.4, 0.5) is 14.6 Å². The summed E-state index contributed by atoms with van der Waals surface area (Å²) in [5, 5.41) is 0.708. The molecule has 14 heteroatoms. The standard InChI is InChI=1S/C31H37F2N7O4S/c1-4-25-26(39(27(41)7-5-6-8-34)10-9-38(25)11-12-45(3,43)44)15-23-13-20-18-37(2)31(42)29-28(20)21(16-35-29)19-40(23)30-24(33)14-22(32)17-36-30/h4,14-18,35H,1,5-13,19,34H2,2-3H3/b23-15+. The molecule has 45 heavy (non-hydrogen) atoms. The summed E-state index contributed by atoms with van der Waals surface area (Å²) >= 11 is 0. The van der Waals surface area contributed by atoms with Crippen LogP contribution < -0.4 is 16.2 Å². The number of aromatic nitrogens is 3. The Morgan fingerprint density at radius 2 is 1.98 bits per heavy atom. The SMILES string of the molecule is C=CC1=C(/C=C2\Cc3cn(C)c(=O)c4[nH]cc(c34)CN2c2ncc(F)cc2F)N(C(=O)CCCCN)CCN1CCS(C)(=O)=O. The molecule has 240 valence electrons. The Hall–Kier alpha value is -4.30. The van der Waals surface area contributed by atoms with Gasteiger partial charge in [-0.25, -0.2) is 22.2 Å². The lowest BCUT2D eigenvalue weighted by molar-refractivity contribution is -0.129. The molecule has 0 fully saturated rings. The molecule has 0 saturated carbocycles. The lowest BCUT2D eigenvalue weighted by Gasteiger charge is -2.39. The maximum atomic E-state index is 15.4. The predicted molar refractivity (Wildman–Crippen MR) is 169 cm³/mol. The van der Waals surface area contributed by atoms with Gasteiger partial charge in [-0.05, 0) is 42.7 Å². The Balaban J connectivity index is 1.71. The lowest BCUT2D eigenvalue weighted by Crippen LogP contribution is -2.45. The molecule has 3 aromatic rings. The van der Waals surface area contributed by atoms with Crippen LogP contribution in [0.5, 0.6) is 0 Å². The normalized spacial score (nSPS) is 16.6. The first kappa shape index (κ1) is 32.1. The number of aromatic amines is 1. The second-order valence-electron chi connectivity index (χ2n) is 11.4. The molecule has 0 bridgehead atoms. The van der Waals surface area contributed by atoms with E-state index in [1.165, 1.54) is 10.8 Å². The number of pyridine rings is 2. The lowest BCUT2D eigenvalue weighted by atomic mass is 10.0. The van der Waals surface area contributed by atoms with Gasteiger partial charge in [0.15, 0.2) is 11.6 Å². The van der Waals surface area contributed by atoms with Crippen LogP contribution in [-0.2, 0) is 34.6 Å². The first-order valence-electron chi connectivity index (χ1n) is 14.7. The minimum atomic E-state index is -3.28. The van der Waals surface area contributed by atoms with Crippen LogP contribution in [0.1, 0.15) is 30.4 Å². The minimum Gasteiger partial charge on any atom is -0.367 e. The van der Waals surface area contributed by atoms with E-state index >= 15 is 4.39 Å². The number of amides is 1. The van der Waals surface area contributed by atoms with Crippen LogP contribution >= 0.6 is 0 Å². The van der Waals surface area contributed by atoms with Crippen molar-refractivity contribution in [2.45, 2.75) is 32.2 Å². The summed E-state index contributed by atoms with van der Waals surface area (Å²) in [6, 6.07) is 0.760. The molecule has 11 nitrogen and oxygen atoms in total. The quantitative estimate of drug-likeness (QED) is 0.323. The Labute approximate surface area is 260 Å². The summed E-state index contributed by atoms with van der Waals surface area (Å²) in [5.74, 6) is -2.06. The molecule has 0 aliphatic carbocycles. The smallest absolute Gasteiger partial charge is 0.274 e. The number of carbonyl (C=O) groups excluding carboxylic acids is 1. The van der Waals surface area contributed by atoms with Gasteiger partial charge in [-0.15, -0.1) is 0 Å². The van der Waals surface area contributed by atoms with Gasteiger partial charge in [0.05, 0.1) is 29.9 Å². The van der Waals surface area contributed by atoms with E-state index in [1.807, 2.05) is 4.90 Å². The van der Waals surface area contributed by atoms with E-state index in [1.54, 1.807) is 41.4 Å². The van der Waals surface area contributed by atoms with E-state index in [2.05, 4.69) is 16.5 Å². The first-order valence-corrected chi connectivity index (χ1v) is 16.7. The minimum absolute atomic E-state index is 0.0964. The topological polar surface area (TPSA) is 138 Å². The number of hydrogen-bond donors (Lipinski definition) is 2. The molecule has 0 unspecified atom stereocenters. The summed E-state index contributed by atoms with van der Waals surface area (Å²) in [6.45, 7) is 5.40. The van der Waals surface area contributed by atoms with E-state index < -0.39 is 21.5 Å². The molecule has 2 aliphatic rings. The number of aryl methyl sites for hydroxylation is 1. The van der Waals surface area contributed by atoms with Crippen molar-refractivity contribution in [3.8, 4) is 0 Å². The summed E-state index contributed by atoms with van der Waals surface area (Å²) in [4.78, 5) is 38.8. The number of carbonyl (C=O) groups is 1. The van der Waals surface area contributed by atoms with Crippen LogP contribution in [0.3, 0.4) is 0 Å². The van der Waals surface area contributed by atoms with Crippen molar-refractivity contribution >= 4 is 32.5 Å². The Morgan fingerprint density at radius 1 is 1.20 bits per heavy atom. The molecule has 1 amide bonds. The van der Waals surface area contributed by atoms with Crippen molar-refractivity contribution in [1.29, 1.82) is 0 Å². The average molecular weight is 642 g/mol. The summed E-state index contributed by atoms with van der Waals surface area (Å²) in [6.07, 6.45) is 10.6. The fourth-order valence-corrected chi connectivity index (χ4v) is 6.48. The van der Waals surface area contributed by atoms with Crippen LogP contribution in [0, 0.1) is 11.6 Å². The summed E-state index contributed by atoms with van der Waals surface area (Å²) < 4.78 is 54.9. The zero-order chi connectivity index (χ0) is 32.5. The molecular formula is C31H37F2N7O4S. The molecule has 0 radical (unpaired) electrons. The van der Waals surface area contributed by atoms with E-state index in [0.717, 1.165) is 23.4 Å². The molecule has 2 aliphatic heterocycles. The number of nitrogens with one attached hydrogen (secondary N) is 1. The van der Waals surface area contributed by atoms with Crippen molar-refractivity contribution in [2.24, 2.45) is 12.8 Å². The number of rotatable bonds is 10. The fraction of sp³-hybridized carbons (Fsp3) is 0.387. The third-order valence-electron chi connectivity index (χ3n) is 8.12.